The summed E-state index contributed by atoms with van der Waals surface area (Å²) in [6, 6.07) is 18.8. The van der Waals surface area contributed by atoms with Crippen molar-refractivity contribution in [3.05, 3.63) is 106 Å². The Morgan fingerprint density at radius 1 is 0.985 bits per heavy atom. The number of anilines is 2. The van der Waals surface area contributed by atoms with Gasteiger partial charge in [0.05, 0.1) is 47.2 Å². The Kier molecular flexibility index (Phi) is 12.2. The lowest BCUT2D eigenvalue weighted by Gasteiger charge is -2.56. The third-order valence-corrected chi connectivity index (χ3v) is 16.4. The van der Waals surface area contributed by atoms with E-state index in [2.05, 4.69) is 73.1 Å². The number of alkyl halides is 1. The van der Waals surface area contributed by atoms with Crippen molar-refractivity contribution in [2.24, 2.45) is 5.41 Å². The molecule has 3 N–H and O–H groups in total. The van der Waals surface area contributed by atoms with Crippen LogP contribution in [0.25, 0.3) is 11.0 Å². The summed E-state index contributed by atoms with van der Waals surface area (Å²) in [5.74, 6) is -0.277. The van der Waals surface area contributed by atoms with Gasteiger partial charge in [0.1, 0.15) is 22.8 Å². The number of rotatable bonds is 14. The molecule has 5 aliphatic rings. The van der Waals surface area contributed by atoms with E-state index in [1.165, 1.54) is 49.1 Å². The topological polar surface area (TPSA) is 188 Å². The molecule has 1 amide bonds. The molecule has 10 rings (SSSR count). The molecule has 4 saturated heterocycles. The number of carbonyl (C=O) groups excluding carboxylic acids is 1. The predicted molar refractivity (Wildman–Crippen MR) is 252 cm³/mol. The average molecular weight is 936 g/mol. The maximum Gasteiger partial charge on any atom is 0.293 e. The van der Waals surface area contributed by atoms with E-state index in [9.17, 15) is 23.3 Å². The highest BCUT2D eigenvalue weighted by Gasteiger charge is 2.50. The molecule has 0 bridgehead atoms. The summed E-state index contributed by atoms with van der Waals surface area (Å²) in [6.07, 6.45) is 12.1. The van der Waals surface area contributed by atoms with Crippen molar-refractivity contribution >= 4 is 44.0 Å². The minimum atomic E-state index is -4.67. The first kappa shape index (κ1) is 45.1. The standard InChI is InChI=1S/C49H58FN9O7S/c1-32(2)39-6-3-4-7-40(39)42-8-5-17-58(42)35-25-48(26-35)12-18-56(19-13-48)34-23-44(66-37-22-33-11-16-51-46(33)53-28-37)45(52-27-34)47(60)55-67(63,64)38-9-10-41(43(24-38)59(61)62)54-31-49(50)14-20-57(21-15-49)36-29-65-30-36/h3-4,6-7,9-11,16,22-24,27-28,32,35-36,42,54H,5,8,12-15,17-21,25-26,29-31H2,1-2H3,(H,51,53)(H,55,60). The van der Waals surface area contributed by atoms with Crippen LogP contribution in [0.1, 0.15) is 98.8 Å². The monoisotopic (exact) mass is 935 g/mol. The average Bonchev–Trinajstić information content (AvgIpc) is 3.98. The van der Waals surface area contributed by atoms with Gasteiger partial charge in [-0.15, -0.1) is 0 Å². The third kappa shape index (κ3) is 9.20. The lowest BCUT2D eigenvalue weighted by atomic mass is 9.59. The molecule has 354 valence electrons. The maximum absolute atomic E-state index is 15.8. The summed E-state index contributed by atoms with van der Waals surface area (Å²) in [6.45, 7) is 9.44. The van der Waals surface area contributed by atoms with Crippen LogP contribution < -0.4 is 19.7 Å². The number of nitro benzene ring substituents is 1. The fraction of sp³-hybridized carbons (Fsp3) is 0.490. The number of nitro groups is 1. The van der Waals surface area contributed by atoms with Crippen LogP contribution in [-0.4, -0.2) is 114 Å². The van der Waals surface area contributed by atoms with Crippen molar-refractivity contribution in [3.8, 4) is 11.5 Å². The zero-order valence-corrected chi connectivity index (χ0v) is 38.8. The molecule has 67 heavy (non-hydrogen) atoms. The van der Waals surface area contributed by atoms with Crippen LogP contribution >= 0.6 is 0 Å². The van der Waals surface area contributed by atoms with Crippen molar-refractivity contribution < 1.29 is 32.0 Å². The molecule has 1 saturated carbocycles. The Balaban J connectivity index is 0.825. The number of piperidine rings is 2. The van der Waals surface area contributed by atoms with Gasteiger partial charge >= 0.3 is 0 Å². The van der Waals surface area contributed by atoms with Gasteiger partial charge in [-0.2, -0.15) is 0 Å². The van der Waals surface area contributed by atoms with E-state index in [0.29, 0.717) is 61.7 Å². The van der Waals surface area contributed by atoms with Crippen molar-refractivity contribution in [2.45, 2.75) is 99.8 Å². The highest BCUT2D eigenvalue weighted by Crippen LogP contribution is 2.54. The number of likely N-dealkylation sites (tertiary alicyclic amines) is 2. The number of nitrogens with one attached hydrogen (secondary N) is 3. The van der Waals surface area contributed by atoms with Crippen molar-refractivity contribution in [2.75, 3.05) is 62.7 Å². The summed E-state index contributed by atoms with van der Waals surface area (Å²) >= 11 is 0. The smallest absolute Gasteiger partial charge is 0.293 e. The Bertz CT molecular complexity index is 2760. The van der Waals surface area contributed by atoms with Crippen LogP contribution in [0.5, 0.6) is 11.5 Å². The maximum atomic E-state index is 15.8. The normalized spacial score (nSPS) is 21.3. The molecule has 1 atom stereocenters. The molecule has 7 heterocycles. The van der Waals surface area contributed by atoms with Gasteiger partial charge in [0.15, 0.2) is 11.4 Å². The van der Waals surface area contributed by atoms with E-state index in [1.54, 1.807) is 24.5 Å². The number of amides is 1. The van der Waals surface area contributed by atoms with Crippen LogP contribution in [0.4, 0.5) is 21.5 Å². The molecule has 1 unspecified atom stereocenters. The van der Waals surface area contributed by atoms with E-state index in [4.69, 9.17) is 9.47 Å². The van der Waals surface area contributed by atoms with E-state index < -0.39 is 37.1 Å². The summed E-state index contributed by atoms with van der Waals surface area (Å²) in [4.78, 5) is 44.1. The van der Waals surface area contributed by atoms with E-state index >= 15 is 4.39 Å². The minimum Gasteiger partial charge on any atom is -0.453 e. The van der Waals surface area contributed by atoms with Crippen LogP contribution in [0.3, 0.4) is 0 Å². The molecule has 2 aromatic carbocycles. The van der Waals surface area contributed by atoms with Gasteiger partial charge in [0.2, 0.25) is 0 Å². The number of benzene rings is 2. The molecule has 5 fully saturated rings. The first-order valence-corrected chi connectivity index (χ1v) is 25.0. The minimum absolute atomic E-state index is 0.0187. The first-order valence-electron chi connectivity index (χ1n) is 23.6. The van der Waals surface area contributed by atoms with Gasteiger partial charge in [-0.3, -0.25) is 24.7 Å². The van der Waals surface area contributed by atoms with Crippen molar-refractivity contribution in [1.29, 1.82) is 0 Å². The molecule has 1 spiro atoms. The number of aromatic amines is 1. The molecule has 1 aliphatic carbocycles. The Morgan fingerprint density at radius 3 is 2.49 bits per heavy atom. The van der Waals surface area contributed by atoms with E-state index in [0.717, 1.165) is 55.7 Å². The van der Waals surface area contributed by atoms with Gasteiger partial charge in [-0.05, 0) is 105 Å². The number of carbonyl (C=O) groups is 1. The van der Waals surface area contributed by atoms with E-state index in [1.807, 2.05) is 10.8 Å². The second-order valence-electron chi connectivity index (χ2n) is 19.6. The number of ether oxygens (including phenoxy) is 2. The summed E-state index contributed by atoms with van der Waals surface area (Å²) in [7, 11) is -4.67. The lowest BCUT2D eigenvalue weighted by molar-refractivity contribution is -0.384. The zero-order chi connectivity index (χ0) is 46.5. The number of pyridine rings is 2. The molecular formula is C49H58FN9O7S. The number of H-pyrrole nitrogens is 1. The zero-order valence-electron chi connectivity index (χ0n) is 38.0. The summed E-state index contributed by atoms with van der Waals surface area (Å²) in [5.41, 5.74) is 2.07. The Labute approximate surface area is 389 Å². The number of hydrogen-bond acceptors (Lipinski definition) is 13. The molecule has 3 aromatic heterocycles. The second-order valence-corrected chi connectivity index (χ2v) is 21.2. The van der Waals surface area contributed by atoms with Gasteiger partial charge in [-0.25, -0.2) is 27.5 Å². The van der Waals surface area contributed by atoms with Gasteiger partial charge in [0.25, 0.3) is 21.6 Å². The number of sulfonamides is 1. The second kappa shape index (κ2) is 18.1. The van der Waals surface area contributed by atoms with Crippen LogP contribution in [0, 0.1) is 15.5 Å². The van der Waals surface area contributed by atoms with Crippen molar-refractivity contribution in [1.82, 2.24) is 29.5 Å². The molecule has 18 heteroatoms. The molecule has 0 radical (unpaired) electrons. The molecule has 16 nitrogen and oxygen atoms in total. The Morgan fingerprint density at radius 2 is 1.76 bits per heavy atom. The summed E-state index contributed by atoms with van der Waals surface area (Å²) in [5, 5.41) is 15.8. The Hall–Kier alpha value is -5.69. The lowest BCUT2D eigenvalue weighted by Crippen LogP contribution is -2.55. The number of aromatic nitrogens is 3. The van der Waals surface area contributed by atoms with Gasteiger partial charge < -0.3 is 24.7 Å². The predicted octanol–water partition coefficient (Wildman–Crippen LogP) is 8.10. The van der Waals surface area contributed by atoms with Crippen molar-refractivity contribution in [3.63, 3.8) is 0 Å². The molecule has 5 aromatic rings. The number of halogens is 1. The van der Waals surface area contributed by atoms with Crippen LogP contribution in [0.2, 0.25) is 0 Å². The molecule has 4 aliphatic heterocycles. The quantitative estimate of drug-likeness (QED) is 0.0717. The first-order chi connectivity index (χ1) is 32.3. The fourth-order valence-corrected chi connectivity index (χ4v) is 12.0. The number of fused-ring (bicyclic) bond motifs is 1. The highest BCUT2D eigenvalue weighted by atomic mass is 32.2. The van der Waals surface area contributed by atoms with E-state index in [-0.39, 0.29) is 41.9 Å². The SMILES string of the molecule is CC(C)c1ccccc1C1CCCN1C1CC2(CCN(c3cnc(C(=O)NS(=O)(=O)c4ccc(NCC5(F)CCN(C6COC6)CC5)c([N+](=O)[O-])c4)c(Oc4cnc5[nH]ccc5c4)c3)CC2)C1. The summed E-state index contributed by atoms with van der Waals surface area (Å²) < 4.78 is 56.9. The van der Waals surface area contributed by atoms with Gasteiger partial charge in [-0.1, -0.05) is 38.1 Å². The van der Waals surface area contributed by atoms with Gasteiger partial charge in [0, 0.05) is 68.5 Å². The third-order valence-electron chi connectivity index (χ3n) is 15.1. The van der Waals surface area contributed by atoms with Crippen LogP contribution in [-0.2, 0) is 14.8 Å². The molecular weight excluding hydrogens is 878 g/mol. The number of nitrogens with zero attached hydrogens (tertiary/aromatic N) is 6. The largest absolute Gasteiger partial charge is 0.453 e. The number of hydrogen-bond donors (Lipinski definition) is 3. The fourth-order valence-electron chi connectivity index (χ4n) is 11.0. The van der Waals surface area contributed by atoms with Crippen LogP contribution in [0.15, 0.2) is 84.1 Å². The highest BCUT2D eigenvalue weighted by molar-refractivity contribution is 7.90.